The molecule has 13 nitrogen and oxygen atoms in total. The average Bonchev–Trinajstić information content (AvgIpc) is 3.77. The van der Waals surface area contributed by atoms with E-state index in [4.69, 9.17) is 0 Å². The van der Waals surface area contributed by atoms with Gasteiger partial charge in [0.25, 0.3) is 17.7 Å². The van der Waals surface area contributed by atoms with Crippen LogP contribution < -0.4 is 26.2 Å². The van der Waals surface area contributed by atoms with E-state index in [0.29, 0.717) is 63.8 Å². The fraction of sp³-hybridized carbons (Fsp3) is 0.205. The Kier molecular flexibility index (Phi) is 10.6. The number of hydrogen-bond acceptors (Lipinski definition) is 6. The molecule has 55 heavy (non-hydrogen) atoms. The van der Waals surface area contributed by atoms with Crippen molar-refractivity contribution in [2.75, 3.05) is 48.0 Å². The maximum Gasteiger partial charge on any atom is 0.491 e. The molecule has 16 heteroatoms. The van der Waals surface area contributed by atoms with Crippen LogP contribution in [0.25, 0.3) is 17.3 Å². The highest BCUT2D eigenvalue weighted by atomic mass is 19.4. The number of aromatic amines is 1. The molecule has 0 bridgehead atoms. The number of carbonyl (C=O) groups excluding carboxylic acids is 4. The number of aromatic nitrogens is 3. The zero-order valence-corrected chi connectivity index (χ0v) is 30.6. The van der Waals surface area contributed by atoms with Crippen molar-refractivity contribution in [3.8, 4) is 5.69 Å². The quantitative estimate of drug-likeness (QED) is 0.0788. The van der Waals surface area contributed by atoms with Gasteiger partial charge in [0.2, 0.25) is 0 Å². The molecule has 0 saturated carbocycles. The second-order valence-electron chi connectivity index (χ2n) is 13.2. The summed E-state index contributed by atoms with van der Waals surface area (Å²) in [6.45, 7) is 6.50. The number of fused-ring (bicyclic) bond motifs is 1. The van der Waals surface area contributed by atoms with Crippen LogP contribution in [0.4, 0.5) is 40.7 Å². The maximum atomic E-state index is 14.4. The molecule has 5 N–H and O–H groups in total. The molecule has 3 aromatic carbocycles. The van der Waals surface area contributed by atoms with Crippen LogP contribution in [0.1, 0.15) is 48.9 Å². The molecule has 0 spiro atoms. The highest BCUT2D eigenvalue weighted by molar-refractivity contribution is 6.35. The standard InChI is InChI=1S/C39H38F3N9O4/c1-22-20-50(21-44-22)28-10-6-8-25(16-28)37(54)51(39(40,41)42)29-11-7-9-26(17-29)46-38(55)47-27-12-13-30-31(35(52)48-33(30)18-27)19-32-23(2)34(24(3)45-32)36(53)43-14-15-49(4)5/h6-13,16-21,45H,14-15H2,1-5H3,(H,43,53)(H,48,52)(H2,46,47,55). The minimum absolute atomic E-state index is 0.0123. The Hall–Kier alpha value is -6.68. The lowest BCUT2D eigenvalue weighted by atomic mass is 10.0. The molecule has 6 rings (SSSR count). The van der Waals surface area contributed by atoms with Crippen molar-refractivity contribution in [2.45, 2.75) is 27.1 Å². The van der Waals surface area contributed by atoms with Crippen LogP contribution >= 0.6 is 0 Å². The van der Waals surface area contributed by atoms with E-state index in [2.05, 4.69) is 31.2 Å². The lowest BCUT2D eigenvalue weighted by Gasteiger charge is -2.26. The summed E-state index contributed by atoms with van der Waals surface area (Å²) >= 11 is 0. The second-order valence-corrected chi connectivity index (χ2v) is 13.2. The SMILES string of the molecule is Cc1cn(-c2cccc(C(=O)N(c3cccc(NC(=O)Nc4ccc5c(c4)NC(=O)C5=Cc4[nH]c(C)c(C(=O)NCCN(C)C)c4C)c3)C(F)(F)F)c2)cn1. The third-order valence-corrected chi connectivity index (χ3v) is 8.82. The lowest BCUT2D eigenvalue weighted by molar-refractivity contribution is -0.122. The summed E-state index contributed by atoms with van der Waals surface area (Å²) in [7, 11) is 3.83. The summed E-state index contributed by atoms with van der Waals surface area (Å²) in [5, 5.41) is 10.8. The first-order chi connectivity index (χ1) is 26.1. The molecule has 0 atom stereocenters. The molecule has 284 valence electrons. The van der Waals surface area contributed by atoms with Crippen LogP contribution in [0.2, 0.25) is 0 Å². The number of alkyl halides is 3. The summed E-state index contributed by atoms with van der Waals surface area (Å²) in [6, 6.07) is 14.5. The number of H-pyrrole nitrogens is 1. The minimum Gasteiger partial charge on any atom is -0.358 e. The summed E-state index contributed by atoms with van der Waals surface area (Å²) < 4.78 is 44.8. The monoisotopic (exact) mass is 753 g/mol. The molecule has 5 aromatic rings. The number of urea groups is 1. The number of imidazole rings is 1. The van der Waals surface area contributed by atoms with Crippen LogP contribution in [0.15, 0.2) is 79.3 Å². The van der Waals surface area contributed by atoms with E-state index in [1.165, 1.54) is 36.7 Å². The Morgan fingerprint density at radius 2 is 1.67 bits per heavy atom. The van der Waals surface area contributed by atoms with Gasteiger partial charge in [-0.25, -0.2) is 14.7 Å². The van der Waals surface area contributed by atoms with Gasteiger partial charge in [-0.15, -0.1) is 13.2 Å². The van der Waals surface area contributed by atoms with Gasteiger partial charge in [0.1, 0.15) is 0 Å². The van der Waals surface area contributed by atoms with Crippen LogP contribution in [-0.4, -0.2) is 76.7 Å². The van der Waals surface area contributed by atoms with Gasteiger partial charge in [0, 0.05) is 58.9 Å². The van der Waals surface area contributed by atoms with Crippen LogP contribution in [0.3, 0.4) is 0 Å². The van der Waals surface area contributed by atoms with E-state index in [9.17, 15) is 32.3 Å². The zero-order valence-electron chi connectivity index (χ0n) is 30.6. The number of likely N-dealkylation sites (N-methyl/N-ethyl adjacent to an activating group) is 1. The Morgan fingerprint density at radius 3 is 2.36 bits per heavy atom. The van der Waals surface area contributed by atoms with Gasteiger partial charge in [-0.2, -0.15) is 0 Å². The Balaban J connectivity index is 1.16. The van der Waals surface area contributed by atoms with Gasteiger partial charge in [0.15, 0.2) is 0 Å². The first kappa shape index (κ1) is 38.1. The van der Waals surface area contributed by atoms with Gasteiger partial charge in [-0.05, 0) is 95.0 Å². The predicted octanol–water partition coefficient (Wildman–Crippen LogP) is 6.72. The molecule has 0 unspecified atom stereocenters. The number of benzene rings is 3. The summed E-state index contributed by atoms with van der Waals surface area (Å²) in [4.78, 5) is 61.3. The largest absolute Gasteiger partial charge is 0.491 e. The third kappa shape index (κ3) is 8.44. The van der Waals surface area contributed by atoms with Gasteiger partial charge < -0.3 is 35.7 Å². The number of amides is 5. The van der Waals surface area contributed by atoms with E-state index in [1.807, 2.05) is 19.0 Å². The fourth-order valence-corrected chi connectivity index (χ4v) is 6.19. The Morgan fingerprint density at radius 1 is 0.945 bits per heavy atom. The maximum absolute atomic E-state index is 14.4. The topological polar surface area (TPSA) is 156 Å². The average molecular weight is 754 g/mol. The third-order valence-electron chi connectivity index (χ3n) is 8.82. The van der Waals surface area contributed by atoms with Crippen molar-refractivity contribution in [1.82, 2.24) is 24.8 Å². The summed E-state index contributed by atoms with van der Waals surface area (Å²) in [6.07, 6.45) is -0.257. The van der Waals surface area contributed by atoms with Crippen LogP contribution in [0.5, 0.6) is 0 Å². The van der Waals surface area contributed by atoms with Crippen molar-refractivity contribution in [3.05, 3.63) is 119 Å². The zero-order chi connectivity index (χ0) is 39.6. The molecule has 0 saturated heterocycles. The molecule has 5 amide bonds. The van der Waals surface area contributed by atoms with E-state index < -0.39 is 23.9 Å². The highest BCUT2D eigenvalue weighted by Crippen LogP contribution is 2.36. The molecule has 0 aliphatic carbocycles. The van der Waals surface area contributed by atoms with E-state index in [0.717, 1.165) is 12.1 Å². The number of nitrogens with one attached hydrogen (secondary N) is 5. The van der Waals surface area contributed by atoms with Crippen molar-refractivity contribution in [2.24, 2.45) is 0 Å². The fourth-order valence-electron chi connectivity index (χ4n) is 6.19. The number of hydrogen-bond donors (Lipinski definition) is 5. The molecule has 0 radical (unpaired) electrons. The van der Waals surface area contributed by atoms with Crippen molar-refractivity contribution in [1.29, 1.82) is 0 Å². The van der Waals surface area contributed by atoms with Gasteiger partial charge in [-0.1, -0.05) is 18.2 Å². The van der Waals surface area contributed by atoms with E-state index in [-0.39, 0.29) is 33.7 Å². The number of anilines is 4. The van der Waals surface area contributed by atoms with Crippen LogP contribution in [-0.2, 0) is 4.79 Å². The number of nitrogens with zero attached hydrogens (tertiary/aromatic N) is 4. The molecule has 2 aromatic heterocycles. The van der Waals surface area contributed by atoms with E-state index in [1.54, 1.807) is 61.9 Å². The van der Waals surface area contributed by atoms with Crippen molar-refractivity contribution in [3.63, 3.8) is 0 Å². The molecule has 1 aliphatic heterocycles. The minimum atomic E-state index is -5.09. The lowest BCUT2D eigenvalue weighted by Crippen LogP contribution is -2.43. The first-order valence-electron chi connectivity index (χ1n) is 17.1. The molecule has 1 aliphatic rings. The molecular weight excluding hydrogens is 715 g/mol. The van der Waals surface area contributed by atoms with Crippen molar-refractivity contribution >= 4 is 58.2 Å². The predicted molar refractivity (Wildman–Crippen MR) is 204 cm³/mol. The molecular formula is C39H38F3N9O4. The van der Waals surface area contributed by atoms with Crippen LogP contribution in [0, 0.1) is 20.8 Å². The number of rotatable bonds is 10. The van der Waals surface area contributed by atoms with Gasteiger partial charge >= 0.3 is 12.3 Å². The van der Waals surface area contributed by atoms with E-state index >= 15 is 0 Å². The highest BCUT2D eigenvalue weighted by Gasteiger charge is 2.43. The summed E-state index contributed by atoms with van der Waals surface area (Å²) in [5.74, 6) is -1.92. The Labute approximate surface area is 314 Å². The second kappa shape index (κ2) is 15.4. The Bertz CT molecular complexity index is 2340. The van der Waals surface area contributed by atoms with Crippen molar-refractivity contribution < 1.29 is 32.3 Å². The summed E-state index contributed by atoms with van der Waals surface area (Å²) in [5.41, 5.74) is 4.48. The van der Waals surface area contributed by atoms with Gasteiger partial charge in [-0.3, -0.25) is 14.4 Å². The number of carbonyl (C=O) groups is 4. The van der Waals surface area contributed by atoms with Gasteiger partial charge in [0.05, 0.1) is 34.5 Å². The normalized spacial score (nSPS) is 13.1. The first-order valence-corrected chi connectivity index (χ1v) is 17.1. The number of aryl methyl sites for hydroxylation is 2. The molecule has 0 fully saturated rings. The smallest absolute Gasteiger partial charge is 0.358 e. The molecule has 3 heterocycles. The number of halogens is 3.